The van der Waals surface area contributed by atoms with E-state index in [1.54, 1.807) is 19.1 Å². The number of benzene rings is 1. The van der Waals surface area contributed by atoms with Crippen molar-refractivity contribution in [3.05, 3.63) is 29.8 Å². The molecule has 0 radical (unpaired) electrons. The average molecular weight is 212 g/mol. The summed E-state index contributed by atoms with van der Waals surface area (Å²) in [4.78, 5) is 10.7. The maximum Gasteiger partial charge on any atom is 0.309 e. The van der Waals surface area contributed by atoms with E-state index in [4.69, 9.17) is 10.2 Å². The van der Waals surface area contributed by atoms with Crippen LogP contribution in [0.3, 0.4) is 0 Å². The van der Waals surface area contributed by atoms with Crippen molar-refractivity contribution in [3.8, 4) is 5.75 Å². The van der Waals surface area contributed by atoms with Crippen LogP contribution in [0.4, 0.5) is 4.39 Å². The standard InChI is InChI=1S/C11H13FO3/c1-7(10(6-12)11(14)15)8-2-4-9(13)5-3-8/h2-5,7,10,13H,6H2,1H3,(H,14,15). The molecule has 0 heterocycles. The van der Waals surface area contributed by atoms with Crippen LogP contribution in [0.1, 0.15) is 18.4 Å². The molecule has 1 rings (SSSR count). The first-order valence-electron chi connectivity index (χ1n) is 4.64. The van der Waals surface area contributed by atoms with Crippen LogP contribution < -0.4 is 0 Å². The Morgan fingerprint density at radius 3 is 2.33 bits per heavy atom. The summed E-state index contributed by atoms with van der Waals surface area (Å²) in [6.45, 7) is 0.766. The van der Waals surface area contributed by atoms with Gasteiger partial charge in [0, 0.05) is 0 Å². The van der Waals surface area contributed by atoms with Gasteiger partial charge >= 0.3 is 5.97 Å². The van der Waals surface area contributed by atoms with Crippen LogP contribution in [0, 0.1) is 5.92 Å². The molecule has 3 nitrogen and oxygen atoms in total. The van der Waals surface area contributed by atoms with E-state index in [0.29, 0.717) is 5.56 Å². The lowest BCUT2D eigenvalue weighted by Gasteiger charge is -2.17. The van der Waals surface area contributed by atoms with E-state index >= 15 is 0 Å². The molecule has 2 unspecified atom stereocenters. The predicted octanol–water partition coefficient (Wildman–Crippen LogP) is 2.17. The topological polar surface area (TPSA) is 57.5 Å². The Labute approximate surface area is 87.2 Å². The first kappa shape index (κ1) is 11.5. The minimum absolute atomic E-state index is 0.109. The molecule has 82 valence electrons. The molecule has 4 heteroatoms. The summed E-state index contributed by atoms with van der Waals surface area (Å²) in [7, 11) is 0. The molecule has 0 aliphatic heterocycles. The number of carbonyl (C=O) groups is 1. The summed E-state index contributed by atoms with van der Waals surface area (Å²) < 4.78 is 12.5. The van der Waals surface area contributed by atoms with Gasteiger partial charge in [-0.2, -0.15) is 0 Å². The number of aliphatic carboxylic acids is 1. The molecule has 0 fully saturated rings. The van der Waals surface area contributed by atoms with Crippen LogP contribution in [0.25, 0.3) is 0 Å². The average Bonchev–Trinajstić information content (AvgIpc) is 2.19. The number of rotatable bonds is 4. The van der Waals surface area contributed by atoms with Crippen molar-refractivity contribution >= 4 is 5.97 Å². The van der Waals surface area contributed by atoms with Gasteiger partial charge in [0.1, 0.15) is 12.4 Å². The van der Waals surface area contributed by atoms with Crippen molar-refractivity contribution in [1.82, 2.24) is 0 Å². The second-order valence-electron chi connectivity index (χ2n) is 3.48. The van der Waals surface area contributed by atoms with Gasteiger partial charge in [0.15, 0.2) is 0 Å². The SMILES string of the molecule is CC(c1ccc(O)cc1)C(CF)C(=O)O. The van der Waals surface area contributed by atoms with E-state index in [9.17, 15) is 9.18 Å². The van der Waals surface area contributed by atoms with Crippen LogP contribution in [-0.4, -0.2) is 22.9 Å². The summed E-state index contributed by atoms with van der Waals surface area (Å²) in [5.74, 6) is -2.47. The van der Waals surface area contributed by atoms with Crippen molar-refractivity contribution in [3.63, 3.8) is 0 Å². The van der Waals surface area contributed by atoms with Crippen LogP contribution in [0.5, 0.6) is 5.75 Å². The summed E-state index contributed by atoms with van der Waals surface area (Å²) in [5, 5.41) is 17.8. The highest BCUT2D eigenvalue weighted by atomic mass is 19.1. The third-order valence-corrected chi connectivity index (χ3v) is 2.51. The normalized spacial score (nSPS) is 14.5. The summed E-state index contributed by atoms with van der Waals surface area (Å²) in [6.07, 6.45) is 0. The van der Waals surface area contributed by atoms with E-state index < -0.39 is 24.5 Å². The largest absolute Gasteiger partial charge is 0.508 e. The first-order valence-corrected chi connectivity index (χ1v) is 4.64. The number of phenols is 1. The van der Waals surface area contributed by atoms with E-state index in [-0.39, 0.29) is 5.75 Å². The van der Waals surface area contributed by atoms with E-state index in [0.717, 1.165) is 0 Å². The zero-order valence-electron chi connectivity index (χ0n) is 8.35. The molecule has 0 aliphatic rings. The molecule has 0 amide bonds. The Hall–Kier alpha value is -1.58. The van der Waals surface area contributed by atoms with Crippen LogP contribution in [0.15, 0.2) is 24.3 Å². The maximum atomic E-state index is 12.5. The number of carboxylic acid groups (broad SMARTS) is 1. The Morgan fingerprint density at radius 2 is 1.93 bits per heavy atom. The summed E-state index contributed by atoms with van der Waals surface area (Å²) >= 11 is 0. The van der Waals surface area contributed by atoms with Crippen molar-refractivity contribution in [1.29, 1.82) is 0 Å². The molecule has 15 heavy (non-hydrogen) atoms. The van der Waals surface area contributed by atoms with Crippen molar-refractivity contribution in [2.45, 2.75) is 12.8 Å². The molecular weight excluding hydrogens is 199 g/mol. The Balaban J connectivity index is 2.87. The number of alkyl halides is 1. The smallest absolute Gasteiger partial charge is 0.309 e. The van der Waals surface area contributed by atoms with Gasteiger partial charge in [0.2, 0.25) is 0 Å². The quantitative estimate of drug-likeness (QED) is 0.804. The fraction of sp³-hybridized carbons (Fsp3) is 0.364. The number of phenolic OH excluding ortho intramolecular Hbond substituents is 1. The Morgan fingerprint density at radius 1 is 1.40 bits per heavy atom. The molecule has 0 aromatic heterocycles. The molecule has 1 aromatic carbocycles. The highest BCUT2D eigenvalue weighted by Gasteiger charge is 2.25. The molecule has 1 aromatic rings. The van der Waals surface area contributed by atoms with Gasteiger partial charge in [-0.15, -0.1) is 0 Å². The third-order valence-electron chi connectivity index (χ3n) is 2.51. The zero-order chi connectivity index (χ0) is 11.4. The second-order valence-corrected chi connectivity index (χ2v) is 3.48. The molecule has 0 spiro atoms. The molecular formula is C11H13FO3. The molecule has 0 saturated heterocycles. The fourth-order valence-corrected chi connectivity index (χ4v) is 1.42. The van der Waals surface area contributed by atoms with Gasteiger partial charge < -0.3 is 10.2 Å². The number of aromatic hydroxyl groups is 1. The summed E-state index contributed by atoms with van der Waals surface area (Å²) in [6, 6.07) is 6.13. The molecule has 0 aliphatic carbocycles. The zero-order valence-corrected chi connectivity index (χ0v) is 8.35. The lowest BCUT2D eigenvalue weighted by Crippen LogP contribution is -2.22. The van der Waals surface area contributed by atoms with Crippen LogP contribution in [-0.2, 0) is 4.79 Å². The third kappa shape index (κ3) is 2.68. The van der Waals surface area contributed by atoms with Crippen LogP contribution in [0.2, 0.25) is 0 Å². The van der Waals surface area contributed by atoms with E-state index in [2.05, 4.69) is 0 Å². The minimum Gasteiger partial charge on any atom is -0.508 e. The lowest BCUT2D eigenvalue weighted by molar-refractivity contribution is -0.142. The van der Waals surface area contributed by atoms with Gasteiger partial charge in [-0.05, 0) is 23.6 Å². The van der Waals surface area contributed by atoms with Crippen LogP contribution >= 0.6 is 0 Å². The second kappa shape index (κ2) is 4.77. The molecule has 2 N–H and O–H groups in total. The van der Waals surface area contributed by atoms with Crippen molar-refractivity contribution in [2.75, 3.05) is 6.67 Å². The molecule has 2 atom stereocenters. The highest BCUT2D eigenvalue weighted by Crippen LogP contribution is 2.26. The highest BCUT2D eigenvalue weighted by molar-refractivity contribution is 5.71. The Kier molecular flexibility index (Phi) is 3.66. The minimum atomic E-state index is -1.14. The van der Waals surface area contributed by atoms with E-state index in [1.165, 1.54) is 12.1 Å². The Bertz CT molecular complexity index is 334. The maximum absolute atomic E-state index is 12.5. The lowest BCUT2D eigenvalue weighted by atomic mass is 9.88. The summed E-state index contributed by atoms with van der Waals surface area (Å²) in [5.41, 5.74) is 0.706. The fourth-order valence-electron chi connectivity index (χ4n) is 1.42. The van der Waals surface area contributed by atoms with Gasteiger partial charge in [-0.1, -0.05) is 19.1 Å². The molecule has 0 saturated carbocycles. The predicted molar refractivity (Wildman–Crippen MR) is 53.6 cm³/mol. The van der Waals surface area contributed by atoms with E-state index in [1.807, 2.05) is 0 Å². The van der Waals surface area contributed by atoms with Gasteiger partial charge in [0.05, 0.1) is 5.92 Å². The number of carboxylic acids is 1. The number of hydrogen-bond acceptors (Lipinski definition) is 2. The number of halogens is 1. The van der Waals surface area contributed by atoms with Gasteiger partial charge in [0.25, 0.3) is 0 Å². The number of hydrogen-bond donors (Lipinski definition) is 2. The first-order chi connectivity index (χ1) is 7.06. The van der Waals surface area contributed by atoms with Gasteiger partial charge in [-0.25, -0.2) is 0 Å². The van der Waals surface area contributed by atoms with Gasteiger partial charge in [-0.3, -0.25) is 9.18 Å². The molecule has 0 bridgehead atoms. The van der Waals surface area contributed by atoms with Crippen molar-refractivity contribution < 1.29 is 19.4 Å². The van der Waals surface area contributed by atoms with Crippen molar-refractivity contribution in [2.24, 2.45) is 5.92 Å². The monoisotopic (exact) mass is 212 g/mol.